The van der Waals surface area contributed by atoms with Gasteiger partial charge in [0.2, 0.25) is 0 Å². The molecule has 0 atom stereocenters. The maximum Gasteiger partial charge on any atom is 0.422 e. The largest absolute Gasteiger partial charge is 0.422 e. The molecule has 0 aromatic carbocycles. The van der Waals surface area contributed by atoms with E-state index in [4.69, 9.17) is 0 Å². The second-order valence-corrected chi connectivity index (χ2v) is 2.63. The Morgan fingerprint density at radius 3 is 1.55 bits per heavy atom. The van der Waals surface area contributed by atoms with Crippen molar-refractivity contribution in [2.24, 2.45) is 0 Å². The lowest BCUT2D eigenvalue weighted by atomic mass is 10.7. The summed E-state index contributed by atoms with van der Waals surface area (Å²) in [5, 5.41) is 0. The van der Waals surface area contributed by atoms with Gasteiger partial charge in [-0.3, -0.25) is 4.74 Å². The van der Waals surface area contributed by atoms with Gasteiger partial charge in [-0.1, -0.05) is 23.2 Å². The number of ether oxygens (including phenoxy) is 1. The smallest absolute Gasteiger partial charge is 0.253 e. The molecule has 0 saturated heterocycles. The first-order chi connectivity index (χ1) is 4.67. The lowest BCUT2D eigenvalue weighted by molar-refractivity contribution is -0.337. The summed E-state index contributed by atoms with van der Waals surface area (Å²) in [7, 11) is 0. The van der Waals surface area contributed by atoms with Gasteiger partial charge < -0.3 is 0 Å². The van der Waals surface area contributed by atoms with Crippen molar-refractivity contribution in [2.75, 3.05) is 0 Å². The molecule has 0 amide bonds. The third-order valence-electron chi connectivity index (χ3n) is 0.567. The molecule has 1 nitrogen and oxygen atoms in total. The summed E-state index contributed by atoms with van der Waals surface area (Å²) in [6.07, 6.45) is -4.93. The van der Waals surface area contributed by atoms with Crippen LogP contribution in [0.4, 0.5) is 22.0 Å². The van der Waals surface area contributed by atoms with Gasteiger partial charge in [0.15, 0.2) is 0 Å². The van der Waals surface area contributed by atoms with Gasteiger partial charge >= 0.3 is 17.3 Å². The lowest BCUT2D eigenvalue weighted by Gasteiger charge is -2.21. The molecule has 0 N–H and O–H groups in total. The van der Waals surface area contributed by atoms with Crippen LogP contribution in [0.5, 0.6) is 0 Å². The van der Waals surface area contributed by atoms with Crippen molar-refractivity contribution in [3.63, 3.8) is 0 Å². The van der Waals surface area contributed by atoms with E-state index in [0.29, 0.717) is 0 Å². The fourth-order valence-corrected chi connectivity index (χ4v) is 0.268. The number of rotatable bonds is 3. The van der Waals surface area contributed by atoms with Gasteiger partial charge in [0, 0.05) is 0 Å². The third-order valence-corrected chi connectivity index (χ3v) is 1.01. The van der Waals surface area contributed by atoms with Crippen LogP contribution in [0.25, 0.3) is 0 Å². The summed E-state index contributed by atoms with van der Waals surface area (Å²) in [4.78, 5) is 0. The molecule has 11 heavy (non-hydrogen) atoms. The molecule has 0 spiro atoms. The first-order valence-electron chi connectivity index (χ1n) is 2.07. The standard InChI is InChI=1S/C3HCl2F5O/c4-2(5,8)3(9,10)11-1(6)7/h1H. The van der Waals surface area contributed by atoms with Crippen LogP contribution >= 0.6 is 23.2 Å². The quantitative estimate of drug-likeness (QED) is 0.523. The zero-order valence-electron chi connectivity index (χ0n) is 4.63. The van der Waals surface area contributed by atoms with Gasteiger partial charge in [0.05, 0.1) is 0 Å². The van der Waals surface area contributed by atoms with Crippen molar-refractivity contribution in [1.82, 2.24) is 0 Å². The normalized spacial score (nSPS) is 14.2. The minimum atomic E-state index is -4.93. The molecule has 0 aliphatic heterocycles. The van der Waals surface area contributed by atoms with Crippen molar-refractivity contribution in [3.05, 3.63) is 0 Å². The van der Waals surface area contributed by atoms with Crippen LogP contribution in [-0.4, -0.2) is 17.3 Å². The number of hydrogen-bond acceptors (Lipinski definition) is 1. The van der Waals surface area contributed by atoms with Crippen molar-refractivity contribution >= 4 is 23.2 Å². The Hall–Kier alpha value is 0.190. The summed E-state index contributed by atoms with van der Waals surface area (Å²) in [6.45, 7) is -3.85. The van der Waals surface area contributed by atoms with Crippen molar-refractivity contribution in [1.29, 1.82) is 0 Å². The van der Waals surface area contributed by atoms with Gasteiger partial charge in [-0.15, -0.1) is 0 Å². The SMILES string of the molecule is FC(F)OC(F)(F)C(F)(Cl)Cl. The topological polar surface area (TPSA) is 9.23 Å². The molecule has 0 aromatic heterocycles. The molecule has 68 valence electrons. The molecule has 0 saturated carbocycles. The van der Waals surface area contributed by atoms with E-state index in [-0.39, 0.29) is 0 Å². The van der Waals surface area contributed by atoms with E-state index in [1.807, 2.05) is 0 Å². The summed E-state index contributed by atoms with van der Waals surface area (Å²) in [6, 6.07) is 0. The Kier molecular flexibility index (Phi) is 3.34. The number of hydrogen-bond donors (Lipinski definition) is 0. The van der Waals surface area contributed by atoms with Crippen molar-refractivity contribution < 1.29 is 26.7 Å². The molecular weight excluding hydrogens is 218 g/mol. The molecule has 0 aliphatic rings. The molecule has 0 bridgehead atoms. The van der Waals surface area contributed by atoms with E-state index in [9.17, 15) is 22.0 Å². The first-order valence-corrected chi connectivity index (χ1v) is 2.83. The average molecular weight is 219 g/mol. The van der Waals surface area contributed by atoms with Crippen LogP contribution in [0, 0.1) is 0 Å². The highest BCUT2D eigenvalue weighted by Crippen LogP contribution is 2.41. The van der Waals surface area contributed by atoms with Crippen LogP contribution in [0.2, 0.25) is 0 Å². The molecule has 0 fully saturated rings. The van der Waals surface area contributed by atoms with Gasteiger partial charge in [-0.05, 0) is 0 Å². The first kappa shape index (κ1) is 11.2. The Bertz CT molecular complexity index is 132. The van der Waals surface area contributed by atoms with Crippen molar-refractivity contribution in [2.45, 2.75) is 17.3 Å². The van der Waals surface area contributed by atoms with E-state index in [1.54, 1.807) is 0 Å². The van der Waals surface area contributed by atoms with Gasteiger partial charge in [0.1, 0.15) is 0 Å². The molecule has 0 heterocycles. The van der Waals surface area contributed by atoms with Crippen LogP contribution in [-0.2, 0) is 4.74 Å². The summed E-state index contributed by atoms with van der Waals surface area (Å²) in [5.41, 5.74) is 0. The third kappa shape index (κ3) is 3.39. The van der Waals surface area contributed by atoms with E-state index in [0.717, 1.165) is 0 Å². The highest BCUT2D eigenvalue weighted by molar-refractivity contribution is 6.47. The average Bonchev–Trinajstić information content (AvgIpc) is 1.56. The Labute approximate surface area is 68.0 Å². The Balaban J connectivity index is 4.22. The maximum atomic E-state index is 11.8. The van der Waals surface area contributed by atoms with Crippen LogP contribution in [0.3, 0.4) is 0 Å². The minimum absolute atomic E-state index is 2.50. The molecule has 0 radical (unpaired) electrons. The predicted molar refractivity (Wildman–Crippen MR) is 27.6 cm³/mol. The van der Waals surface area contributed by atoms with E-state index < -0.39 is 17.3 Å². The zero-order chi connectivity index (χ0) is 9.28. The summed E-state index contributed by atoms with van der Waals surface area (Å²) in [5.74, 6) is 0. The molecular formula is C3HCl2F5O. The second-order valence-electron chi connectivity index (χ2n) is 1.39. The van der Waals surface area contributed by atoms with Gasteiger partial charge in [-0.2, -0.15) is 22.0 Å². The summed E-state index contributed by atoms with van der Waals surface area (Å²) < 4.78 is 56.0. The van der Waals surface area contributed by atoms with E-state index >= 15 is 0 Å². The predicted octanol–water partition coefficient (Wildman–Crippen LogP) is 2.92. The fourth-order valence-electron chi connectivity index (χ4n) is 0.179. The number of halogens is 7. The fraction of sp³-hybridized carbons (Fsp3) is 1.00. The van der Waals surface area contributed by atoms with E-state index in [2.05, 4.69) is 27.9 Å². The van der Waals surface area contributed by atoms with Gasteiger partial charge in [-0.25, -0.2) is 0 Å². The van der Waals surface area contributed by atoms with Crippen LogP contribution in [0.1, 0.15) is 0 Å². The second kappa shape index (κ2) is 3.28. The Morgan fingerprint density at radius 1 is 1.09 bits per heavy atom. The molecule has 0 aliphatic carbocycles. The van der Waals surface area contributed by atoms with Crippen LogP contribution in [0.15, 0.2) is 0 Å². The lowest BCUT2D eigenvalue weighted by Crippen LogP contribution is -2.38. The minimum Gasteiger partial charge on any atom is -0.253 e. The monoisotopic (exact) mass is 218 g/mol. The molecule has 0 unspecified atom stereocenters. The maximum absolute atomic E-state index is 11.8. The van der Waals surface area contributed by atoms with Crippen molar-refractivity contribution in [3.8, 4) is 0 Å². The van der Waals surface area contributed by atoms with Crippen LogP contribution < -0.4 is 0 Å². The molecule has 0 aromatic rings. The van der Waals surface area contributed by atoms with E-state index in [1.165, 1.54) is 0 Å². The van der Waals surface area contributed by atoms with Gasteiger partial charge in [0.25, 0.3) is 0 Å². The highest BCUT2D eigenvalue weighted by Gasteiger charge is 2.56. The summed E-state index contributed by atoms with van der Waals surface area (Å²) >= 11 is 8.32. The number of alkyl halides is 7. The molecule has 8 heteroatoms. The highest BCUT2D eigenvalue weighted by atomic mass is 35.5. The Morgan fingerprint density at radius 2 is 1.45 bits per heavy atom. The zero-order valence-corrected chi connectivity index (χ0v) is 6.14. The molecule has 0 rings (SSSR count).